The van der Waals surface area contributed by atoms with Gasteiger partial charge < -0.3 is 16.2 Å². The van der Waals surface area contributed by atoms with Crippen molar-refractivity contribution in [2.75, 3.05) is 12.3 Å². The van der Waals surface area contributed by atoms with Gasteiger partial charge in [-0.25, -0.2) is 0 Å². The van der Waals surface area contributed by atoms with Gasteiger partial charge in [0.1, 0.15) is 0 Å². The Morgan fingerprint density at radius 1 is 1.44 bits per heavy atom. The molecule has 1 amide bonds. The standard InChI is InChI=1S/C14H22N2O2/c1-2-12(17)9-10-16-14(18)8-7-11-5-3-4-6-13(11)15/h3-6,12,17H,2,7-10,15H2,1H3,(H,16,18). The summed E-state index contributed by atoms with van der Waals surface area (Å²) in [7, 11) is 0. The van der Waals surface area contributed by atoms with Gasteiger partial charge in [0.2, 0.25) is 5.91 Å². The van der Waals surface area contributed by atoms with Crippen LogP contribution in [0, 0.1) is 0 Å². The highest BCUT2D eigenvalue weighted by atomic mass is 16.3. The average molecular weight is 250 g/mol. The molecule has 0 heterocycles. The summed E-state index contributed by atoms with van der Waals surface area (Å²) in [4.78, 5) is 11.6. The quantitative estimate of drug-likeness (QED) is 0.642. The van der Waals surface area contributed by atoms with Gasteiger partial charge in [-0.1, -0.05) is 25.1 Å². The number of carbonyl (C=O) groups is 1. The molecular weight excluding hydrogens is 228 g/mol. The molecule has 0 bridgehead atoms. The van der Waals surface area contributed by atoms with Gasteiger partial charge in [-0.2, -0.15) is 0 Å². The maximum atomic E-state index is 11.6. The van der Waals surface area contributed by atoms with E-state index in [9.17, 15) is 9.90 Å². The third-order valence-corrected chi connectivity index (χ3v) is 2.95. The van der Waals surface area contributed by atoms with Gasteiger partial charge in [-0.15, -0.1) is 0 Å². The Labute approximate surface area is 108 Å². The predicted molar refractivity (Wildman–Crippen MR) is 73.1 cm³/mol. The number of benzene rings is 1. The maximum absolute atomic E-state index is 11.6. The molecule has 1 aromatic rings. The Kier molecular flexibility index (Phi) is 6.22. The van der Waals surface area contributed by atoms with Gasteiger partial charge in [0.05, 0.1) is 6.10 Å². The lowest BCUT2D eigenvalue weighted by Crippen LogP contribution is -2.27. The highest BCUT2D eigenvalue weighted by Gasteiger charge is 2.05. The lowest BCUT2D eigenvalue weighted by atomic mass is 10.1. The van der Waals surface area contributed by atoms with E-state index < -0.39 is 0 Å². The van der Waals surface area contributed by atoms with Crippen molar-refractivity contribution in [3.63, 3.8) is 0 Å². The number of aryl methyl sites for hydroxylation is 1. The lowest BCUT2D eigenvalue weighted by molar-refractivity contribution is -0.121. The number of anilines is 1. The van der Waals surface area contributed by atoms with Crippen molar-refractivity contribution in [1.29, 1.82) is 0 Å². The highest BCUT2D eigenvalue weighted by molar-refractivity contribution is 5.76. The number of nitrogens with one attached hydrogen (secondary N) is 1. The average Bonchev–Trinajstić information content (AvgIpc) is 2.37. The van der Waals surface area contributed by atoms with Gasteiger partial charge in [0.15, 0.2) is 0 Å². The summed E-state index contributed by atoms with van der Waals surface area (Å²) in [5.74, 6) is 0.00144. The number of aliphatic hydroxyl groups is 1. The number of para-hydroxylation sites is 1. The fourth-order valence-electron chi connectivity index (χ4n) is 1.68. The van der Waals surface area contributed by atoms with E-state index in [2.05, 4.69) is 5.32 Å². The van der Waals surface area contributed by atoms with Crippen LogP contribution in [-0.4, -0.2) is 23.7 Å². The van der Waals surface area contributed by atoms with E-state index in [0.29, 0.717) is 25.8 Å². The van der Waals surface area contributed by atoms with Gasteiger partial charge in [0.25, 0.3) is 0 Å². The van der Waals surface area contributed by atoms with E-state index >= 15 is 0 Å². The first kappa shape index (κ1) is 14.5. The number of hydrogen-bond donors (Lipinski definition) is 3. The summed E-state index contributed by atoms with van der Waals surface area (Å²) in [6.07, 6.45) is 2.08. The molecule has 4 heteroatoms. The molecule has 100 valence electrons. The Morgan fingerprint density at radius 3 is 2.83 bits per heavy atom. The summed E-state index contributed by atoms with van der Waals surface area (Å²) >= 11 is 0. The second-order valence-corrected chi connectivity index (χ2v) is 4.40. The molecular formula is C14H22N2O2. The Balaban J connectivity index is 2.23. The molecule has 0 aliphatic heterocycles. The summed E-state index contributed by atoms with van der Waals surface area (Å²) in [6, 6.07) is 7.57. The number of aliphatic hydroxyl groups excluding tert-OH is 1. The molecule has 0 radical (unpaired) electrons. The van der Waals surface area contributed by atoms with Crippen molar-refractivity contribution in [2.24, 2.45) is 0 Å². The van der Waals surface area contributed by atoms with Crippen LogP contribution in [0.4, 0.5) is 5.69 Å². The Morgan fingerprint density at radius 2 is 2.17 bits per heavy atom. The number of carbonyl (C=O) groups excluding carboxylic acids is 1. The summed E-state index contributed by atoms with van der Waals surface area (Å²) in [5, 5.41) is 12.1. The molecule has 1 unspecified atom stereocenters. The molecule has 1 aromatic carbocycles. The normalized spacial score (nSPS) is 12.1. The van der Waals surface area contributed by atoms with E-state index in [1.54, 1.807) is 0 Å². The monoisotopic (exact) mass is 250 g/mol. The first-order valence-electron chi connectivity index (χ1n) is 6.41. The minimum absolute atomic E-state index is 0.00144. The van der Waals surface area contributed by atoms with Gasteiger partial charge in [0, 0.05) is 18.7 Å². The molecule has 0 saturated heterocycles. The van der Waals surface area contributed by atoms with Crippen LogP contribution >= 0.6 is 0 Å². The molecule has 0 saturated carbocycles. The van der Waals surface area contributed by atoms with Crippen molar-refractivity contribution in [3.8, 4) is 0 Å². The van der Waals surface area contributed by atoms with Crippen LogP contribution < -0.4 is 11.1 Å². The van der Waals surface area contributed by atoms with Crippen LogP contribution in [0.1, 0.15) is 31.7 Å². The number of nitrogens with two attached hydrogens (primary N) is 1. The molecule has 4 nitrogen and oxygen atoms in total. The van der Waals surface area contributed by atoms with Gasteiger partial charge in [-0.3, -0.25) is 4.79 Å². The zero-order valence-electron chi connectivity index (χ0n) is 10.9. The SMILES string of the molecule is CCC(O)CCNC(=O)CCc1ccccc1N. The summed E-state index contributed by atoms with van der Waals surface area (Å²) in [6.45, 7) is 2.45. The minimum atomic E-state index is -0.324. The molecule has 0 aliphatic rings. The van der Waals surface area contributed by atoms with Crippen molar-refractivity contribution >= 4 is 11.6 Å². The molecule has 4 N–H and O–H groups in total. The highest BCUT2D eigenvalue weighted by Crippen LogP contribution is 2.12. The van der Waals surface area contributed by atoms with Crippen molar-refractivity contribution in [3.05, 3.63) is 29.8 Å². The molecule has 1 rings (SSSR count). The zero-order valence-corrected chi connectivity index (χ0v) is 10.9. The van der Waals surface area contributed by atoms with Crippen LogP contribution in [0.2, 0.25) is 0 Å². The fourth-order valence-corrected chi connectivity index (χ4v) is 1.68. The lowest BCUT2D eigenvalue weighted by Gasteiger charge is -2.09. The fraction of sp³-hybridized carbons (Fsp3) is 0.500. The molecule has 1 atom stereocenters. The second kappa shape index (κ2) is 7.71. The Hall–Kier alpha value is -1.55. The van der Waals surface area contributed by atoms with E-state index in [4.69, 9.17) is 5.73 Å². The first-order valence-corrected chi connectivity index (χ1v) is 6.41. The molecule has 0 spiro atoms. The molecule has 0 aliphatic carbocycles. The number of amides is 1. The summed E-state index contributed by atoms with van der Waals surface area (Å²) in [5.41, 5.74) is 7.53. The molecule has 0 aromatic heterocycles. The van der Waals surface area contributed by atoms with Crippen LogP contribution in [-0.2, 0) is 11.2 Å². The van der Waals surface area contributed by atoms with Crippen LogP contribution in [0.3, 0.4) is 0 Å². The second-order valence-electron chi connectivity index (χ2n) is 4.40. The largest absolute Gasteiger partial charge is 0.399 e. The van der Waals surface area contributed by atoms with Gasteiger partial charge in [-0.05, 0) is 30.9 Å². The number of hydrogen-bond acceptors (Lipinski definition) is 3. The molecule has 0 fully saturated rings. The minimum Gasteiger partial charge on any atom is -0.399 e. The van der Waals surface area contributed by atoms with Gasteiger partial charge >= 0.3 is 0 Å². The smallest absolute Gasteiger partial charge is 0.220 e. The zero-order chi connectivity index (χ0) is 13.4. The predicted octanol–water partition coefficient (Wildman–Crippen LogP) is 1.48. The van der Waals surface area contributed by atoms with Crippen LogP contribution in [0.15, 0.2) is 24.3 Å². The van der Waals surface area contributed by atoms with E-state index in [-0.39, 0.29) is 12.0 Å². The van der Waals surface area contributed by atoms with E-state index in [1.165, 1.54) is 0 Å². The Bertz CT molecular complexity index is 380. The van der Waals surface area contributed by atoms with Crippen molar-refractivity contribution in [2.45, 2.75) is 38.7 Å². The van der Waals surface area contributed by atoms with Crippen LogP contribution in [0.25, 0.3) is 0 Å². The van der Waals surface area contributed by atoms with E-state index in [0.717, 1.165) is 17.7 Å². The first-order chi connectivity index (χ1) is 8.63. The van der Waals surface area contributed by atoms with Crippen molar-refractivity contribution in [1.82, 2.24) is 5.32 Å². The third-order valence-electron chi connectivity index (χ3n) is 2.95. The van der Waals surface area contributed by atoms with Crippen LogP contribution in [0.5, 0.6) is 0 Å². The molecule has 18 heavy (non-hydrogen) atoms. The van der Waals surface area contributed by atoms with E-state index in [1.807, 2.05) is 31.2 Å². The topological polar surface area (TPSA) is 75.3 Å². The number of rotatable bonds is 7. The summed E-state index contributed by atoms with van der Waals surface area (Å²) < 4.78 is 0. The number of nitrogen functional groups attached to an aromatic ring is 1. The third kappa shape index (κ3) is 5.19. The maximum Gasteiger partial charge on any atom is 0.220 e. The van der Waals surface area contributed by atoms with Crippen molar-refractivity contribution < 1.29 is 9.90 Å².